The van der Waals surface area contributed by atoms with Gasteiger partial charge in [0.05, 0.1) is 20.3 Å². The van der Waals surface area contributed by atoms with Gasteiger partial charge in [0.25, 0.3) is 0 Å². The zero-order valence-corrected chi connectivity index (χ0v) is 9.99. The molecule has 0 aliphatic rings. The Morgan fingerprint density at radius 1 is 1.38 bits per heavy atom. The van der Waals surface area contributed by atoms with Crippen LogP contribution in [0.4, 0.5) is 0 Å². The Morgan fingerprint density at radius 3 is 2.56 bits per heavy atom. The van der Waals surface area contributed by atoms with E-state index in [1.54, 1.807) is 20.3 Å². The predicted molar refractivity (Wildman–Crippen MR) is 63.9 cm³/mol. The lowest BCUT2D eigenvalue weighted by Gasteiger charge is -2.16. The molecule has 0 saturated heterocycles. The fraction of sp³-hybridized carbons (Fsp3) is 0.385. The van der Waals surface area contributed by atoms with E-state index < -0.39 is 6.10 Å². The van der Waals surface area contributed by atoms with Crippen molar-refractivity contribution in [2.45, 2.75) is 19.4 Å². The molecule has 1 N–H and O–H groups in total. The standard InChI is InChI=1S/C13H18O3/c1-9(2)8-11(14)10-6-5-7-12(15-3)13(10)16-4/h5-7,11,14H,1,8H2,2-4H3. The van der Waals surface area contributed by atoms with Gasteiger partial charge in [-0.1, -0.05) is 17.7 Å². The summed E-state index contributed by atoms with van der Waals surface area (Å²) in [6.45, 7) is 5.67. The third-order valence-electron chi connectivity index (χ3n) is 2.33. The van der Waals surface area contributed by atoms with Gasteiger partial charge in [0.2, 0.25) is 0 Å². The first-order valence-corrected chi connectivity index (χ1v) is 5.13. The molecule has 1 rings (SSSR count). The van der Waals surface area contributed by atoms with Crippen LogP contribution in [0.2, 0.25) is 0 Å². The van der Waals surface area contributed by atoms with Crippen molar-refractivity contribution in [3.05, 3.63) is 35.9 Å². The minimum absolute atomic E-state index is 0.517. The number of para-hydroxylation sites is 1. The lowest BCUT2D eigenvalue weighted by atomic mass is 10.0. The Morgan fingerprint density at radius 2 is 2.06 bits per heavy atom. The summed E-state index contributed by atoms with van der Waals surface area (Å²) in [7, 11) is 3.14. The van der Waals surface area contributed by atoms with Crippen LogP contribution in [-0.2, 0) is 0 Å². The van der Waals surface area contributed by atoms with Gasteiger partial charge >= 0.3 is 0 Å². The van der Waals surface area contributed by atoms with Crippen molar-refractivity contribution in [1.82, 2.24) is 0 Å². The summed E-state index contributed by atoms with van der Waals surface area (Å²) in [6.07, 6.45) is -0.0914. The Bertz CT molecular complexity index is 371. The molecule has 0 aliphatic heterocycles. The summed E-state index contributed by atoms with van der Waals surface area (Å²) in [5, 5.41) is 10.0. The van der Waals surface area contributed by atoms with E-state index >= 15 is 0 Å². The van der Waals surface area contributed by atoms with Gasteiger partial charge in [-0.2, -0.15) is 0 Å². The van der Waals surface area contributed by atoms with Gasteiger partial charge in [0.1, 0.15) is 0 Å². The van der Waals surface area contributed by atoms with Crippen LogP contribution in [0.3, 0.4) is 0 Å². The first-order valence-electron chi connectivity index (χ1n) is 5.13. The van der Waals surface area contributed by atoms with Gasteiger partial charge in [0, 0.05) is 5.56 Å². The van der Waals surface area contributed by atoms with Crippen LogP contribution in [0.25, 0.3) is 0 Å². The molecule has 0 saturated carbocycles. The van der Waals surface area contributed by atoms with E-state index in [2.05, 4.69) is 6.58 Å². The van der Waals surface area contributed by atoms with E-state index in [4.69, 9.17) is 9.47 Å². The molecule has 0 aliphatic carbocycles. The number of aliphatic hydroxyl groups excluding tert-OH is 1. The summed E-state index contributed by atoms with van der Waals surface area (Å²) in [5.41, 5.74) is 1.65. The number of aliphatic hydroxyl groups is 1. The first-order chi connectivity index (χ1) is 7.60. The van der Waals surface area contributed by atoms with Crippen molar-refractivity contribution in [2.75, 3.05) is 14.2 Å². The van der Waals surface area contributed by atoms with Crippen LogP contribution in [0.15, 0.2) is 30.4 Å². The first kappa shape index (κ1) is 12.6. The second-order valence-electron chi connectivity index (χ2n) is 3.76. The maximum Gasteiger partial charge on any atom is 0.166 e. The summed E-state index contributed by atoms with van der Waals surface area (Å²) < 4.78 is 10.4. The molecular formula is C13H18O3. The van der Waals surface area contributed by atoms with Crippen molar-refractivity contribution in [1.29, 1.82) is 0 Å². The van der Waals surface area contributed by atoms with Gasteiger partial charge in [-0.15, -0.1) is 6.58 Å². The van der Waals surface area contributed by atoms with Crippen molar-refractivity contribution in [3.63, 3.8) is 0 Å². The van der Waals surface area contributed by atoms with Gasteiger partial charge < -0.3 is 14.6 Å². The second-order valence-corrected chi connectivity index (χ2v) is 3.76. The molecule has 3 heteroatoms. The molecule has 1 aromatic carbocycles. The molecule has 88 valence electrons. The topological polar surface area (TPSA) is 38.7 Å². The monoisotopic (exact) mass is 222 g/mol. The fourth-order valence-corrected chi connectivity index (χ4v) is 1.61. The van der Waals surface area contributed by atoms with Crippen molar-refractivity contribution in [3.8, 4) is 11.5 Å². The summed E-state index contributed by atoms with van der Waals surface area (Å²) in [4.78, 5) is 0. The van der Waals surface area contributed by atoms with Crippen LogP contribution in [0, 0.1) is 0 Å². The summed E-state index contributed by atoms with van der Waals surface area (Å²) in [5.74, 6) is 1.21. The Hall–Kier alpha value is -1.48. The van der Waals surface area contributed by atoms with E-state index in [1.165, 1.54) is 0 Å². The maximum absolute atomic E-state index is 10.0. The number of methoxy groups -OCH3 is 2. The Kier molecular flexibility index (Phi) is 4.38. The van der Waals surface area contributed by atoms with Gasteiger partial charge in [-0.3, -0.25) is 0 Å². The highest BCUT2D eigenvalue weighted by Gasteiger charge is 2.16. The molecule has 0 spiro atoms. The van der Waals surface area contributed by atoms with Crippen LogP contribution in [0.1, 0.15) is 25.0 Å². The quantitative estimate of drug-likeness (QED) is 0.778. The smallest absolute Gasteiger partial charge is 0.166 e. The Labute approximate surface area is 96.3 Å². The molecule has 0 bridgehead atoms. The molecule has 0 fully saturated rings. The average Bonchev–Trinajstić information content (AvgIpc) is 2.26. The molecule has 0 heterocycles. The highest BCUT2D eigenvalue weighted by atomic mass is 16.5. The normalized spacial score (nSPS) is 12.0. The Balaban J connectivity index is 3.07. The van der Waals surface area contributed by atoms with Crippen molar-refractivity contribution < 1.29 is 14.6 Å². The number of ether oxygens (including phenoxy) is 2. The van der Waals surface area contributed by atoms with E-state index in [0.29, 0.717) is 17.9 Å². The van der Waals surface area contributed by atoms with E-state index in [0.717, 1.165) is 11.1 Å². The van der Waals surface area contributed by atoms with Crippen molar-refractivity contribution >= 4 is 0 Å². The second kappa shape index (κ2) is 5.56. The largest absolute Gasteiger partial charge is 0.493 e. The SMILES string of the molecule is C=C(C)CC(O)c1cccc(OC)c1OC. The number of hydrogen-bond donors (Lipinski definition) is 1. The average molecular weight is 222 g/mol. The molecular weight excluding hydrogens is 204 g/mol. The minimum atomic E-state index is -0.609. The zero-order valence-electron chi connectivity index (χ0n) is 9.99. The zero-order chi connectivity index (χ0) is 12.1. The molecule has 3 nitrogen and oxygen atoms in total. The van der Waals surface area contributed by atoms with E-state index in [1.807, 2.05) is 19.1 Å². The fourth-order valence-electron chi connectivity index (χ4n) is 1.61. The molecule has 16 heavy (non-hydrogen) atoms. The van der Waals surface area contributed by atoms with Crippen LogP contribution < -0.4 is 9.47 Å². The third kappa shape index (κ3) is 2.76. The van der Waals surface area contributed by atoms with Crippen LogP contribution in [-0.4, -0.2) is 19.3 Å². The summed E-state index contributed by atoms with van der Waals surface area (Å²) >= 11 is 0. The number of benzene rings is 1. The van der Waals surface area contributed by atoms with Gasteiger partial charge in [0.15, 0.2) is 11.5 Å². The molecule has 1 unspecified atom stereocenters. The van der Waals surface area contributed by atoms with E-state index in [-0.39, 0.29) is 0 Å². The van der Waals surface area contributed by atoms with Gasteiger partial charge in [-0.25, -0.2) is 0 Å². The predicted octanol–water partition coefficient (Wildman–Crippen LogP) is 2.70. The number of rotatable bonds is 5. The highest BCUT2D eigenvalue weighted by molar-refractivity contribution is 5.47. The van der Waals surface area contributed by atoms with Crippen LogP contribution in [0.5, 0.6) is 11.5 Å². The third-order valence-corrected chi connectivity index (χ3v) is 2.33. The maximum atomic E-state index is 10.0. The lowest BCUT2D eigenvalue weighted by molar-refractivity contribution is 0.173. The lowest BCUT2D eigenvalue weighted by Crippen LogP contribution is -2.02. The molecule has 1 aromatic rings. The van der Waals surface area contributed by atoms with E-state index in [9.17, 15) is 5.11 Å². The highest BCUT2D eigenvalue weighted by Crippen LogP contribution is 2.36. The van der Waals surface area contributed by atoms with Crippen molar-refractivity contribution in [2.24, 2.45) is 0 Å². The minimum Gasteiger partial charge on any atom is -0.493 e. The molecule has 0 radical (unpaired) electrons. The summed E-state index contributed by atoms with van der Waals surface area (Å²) in [6, 6.07) is 5.46. The molecule has 0 amide bonds. The molecule has 0 aromatic heterocycles. The number of hydrogen-bond acceptors (Lipinski definition) is 3. The van der Waals surface area contributed by atoms with Gasteiger partial charge in [-0.05, 0) is 19.4 Å². The van der Waals surface area contributed by atoms with Crippen LogP contribution >= 0.6 is 0 Å². The molecule has 1 atom stereocenters.